The van der Waals surface area contributed by atoms with Gasteiger partial charge in [0.15, 0.2) is 5.65 Å². The number of anilines is 1. The van der Waals surface area contributed by atoms with Gasteiger partial charge in [-0.25, -0.2) is 14.5 Å². The number of piperidine rings is 1. The van der Waals surface area contributed by atoms with Gasteiger partial charge < -0.3 is 15.5 Å². The van der Waals surface area contributed by atoms with Gasteiger partial charge in [-0.1, -0.05) is 6.07 Å². The van der Waals surface area contributed by atoms with Gasteiger partial charge in [-0.2, -0.15) is 5.10 Å². The van der Waals surface area contributed by atoms with Crippen molar-refractivity contribution < 1.29 is 4.79 Å². The smallest absolute Gasteiger partial charge is 0.273 e. The number of nitrogens with zero attached hydrogens (tertiary/aromatic N) is 6. The lowest BCUT2D eigenvalue weighted by molar-refractivity contribution is 0.0599. The van der Waals surface area contributed by atoms with Crippen molar-refractivity contribution >= 4 is 17.4 Å². The molecule has 0 spiro atoms. The molecule has 2 saturated heterocycles. The summed E-state index contributed by atoms with van der Waals surface area (Å²) >= 11 is 0. The van der Waals surface area contributed by atoms with Crippen LogP contribution in [0.25, 0.3) is 5.65 Å². The summed E-state index contributed by atoms with van der Waals surface area (Å²) in [6, 6.07) is 7.76. The molecule has 3 aromatic heterocycles. The minimum Gasteiger partial charge on any atom is -0.355 e. The van der Waals surface area contributed by atoms with Crippen LogP contribution in [0.3, 0.4) is 0 Å². The second-order valence-electron chi connectivity index (χ2n) is 8.79. The van der Waals surface area contributed by atoms with Crippen LogP contribution in [-0.2, 0) is 0 Å². The van der Waals surface area contributed by atoms with Gasteiger partial charge in [0, 0.05) is 49.2 Å². The van der Waals surface area contributed by atoms with Crippen molar-refractivity contribution in [3.8, 4) is 0 Å². The second kappa shape index (κ2) is 7.92. The molecule has 0 aromatic carbocycles. The molecule has 2 aliphatic heterocycles. The average Bonchev–Trinajstić information content (AvgIpc) is 3.38. The molecule has 2 aliphatic rings. The van der Waals surface area contributed by atoms with Gasteiger partial charge in [-0.3, -0.25) is 4.79 Å². The number of aryl methyl sites for hydroxylation is 2. The Morgan fingerprint density at radius 3 is 2.77 bits per heavy atom. The number of hydrogen-bond donors (Lipinski definition) is 1. The summed E-state index contributed by atoms with van der Waals surface area (Å²) in [5.74, 6) is 0.953. The van der Waals surface area contributed by atoms with Gasteiger partial charge in [0.25, 0.3) is 5.91 Å². The lowest BCUT2D eigenvalue weighted by Crippen LogP contribution is -2.39. The molecule has 8 heteroatoms. The zero-order valence-corrected chi connectivity index (χ0v) is 18.2. The molecule has 1 amide bonds. The first kappa shape index (κ1) is 19.9. The van der Waals surface area contributed by atoms with Crippen molar-refractivity contribution in [2.75, 3.05) is 24.5 Å². The Balaban J connectivity index is 1.47. The Bertz CT molecular complexity index is 1120. The van der Waals surface area contributed by atoms with Gasteiger partial charge in [-0.15, -0.1) is 0 Å². The predicted octanol–water partition coefficient (Wildman–Crippen LogP) is 2.65. The summed E-state index contributed by atoms with van der Waals surface area (Å²) < 4.78 is 1.84. The number of rotatable bonds is 3. The highest BCUT2D eigenvalue weighted by Gasteiger charge is 2.31. The molecule has 0 bridgehead atoms. The molecule has 0 radical (unpaired) electrons. The fourth-order valence-corrected chi connectivity index (χ4v) is 4.77. The first-order valence-electron chi connectivity index (χ1n) is 11.1. The minimum absolute atomic E-state index is 0.0265. The molecule has 0 aliphatic carbocycles. The number of carbonyl (C=O) groups excluding carboxylic acids is 1. The zero-order chi connectivity index (χ0) is 21.5. The normalized spacial score (nSPS) is 21.8. The molecule has 8 nitrogen and oxygen atoms in total. The van der Waals surface area contributed by atoms with Crippen LogP contribution in [-0.4, -0.2) is 56.1 Å². The SMILES string of the molecule is Cc1cccc(C(=O)N2CCCC[C@H]2c2cc3nc(N4CC[C@H](N)C4)c(C)cn3n2)n1. The third kappa shape index (κ3) is 3.76. The van der Waals surface area contributed by atoms with E-state index in [9.17, 15) is 4.79 Å². The molecular weight excluding hydrogens is 390 g/mol. The number of aromatic nitrogens is 4. The topological polar surface area (TPSA) is 92.7 Å². The molecule has 2 atom stereocenters. The largest absolute Gasteiger partial charge is 0.355 e. The molecule has 2 fully saturated rings. The Morgan fingerprint density at radius 1 is 1.13 bits per heavy atom. The Kier molecular flexibility index (Phi) is 5.09. The van der Waals surface area contributed by atoms with Crippen molar-refractivity contribution in [3.05, 3.63) is 53.1 Å². The van der Waals surface area contributed by atoms with Crippen LogP contribution in [0, 0.1) is 13.8 Å². The Labute approximate surface area is 182 Å². The number of amides is 1. The van der Waals surface area contributed by atoms with E-state index in [1.54, 1.807) is 6.07 Å². The van der Waals surface area contributed by atoms with Crippen LogP contribution in [0.2, 0.25) is 0 Å². The molecule has 162 valence electrons. The number of likely N-dealkylation sites (tertiary alicyclic amines) is 1. The van der Waals surface area contributed by atoms with Crippen molar-refractivity contribution in [1.82, 2.24) is 24.5 Å². The van der Waals surface area contributed by atoms with Gasteiger partial charge in [-0.05, 0) is 51.7 Å². The number of pyridine rings is 1. The highest BCUT2D eigenvalue weighted by molar-refractivity contribution is 5.92. The maximum Gasteiger partial charge on any atom is 0.273 e. The summed E-state index contributed by atoms with van der Waals surface area (Å²) in [7, 11) is 0. The van der Waals surface area contributed by atoms with Crippen LogP contribution < -0.4 is 10.6 Å². The standard InChI is InChI=1S/C23H29N7O/c1-15-13-30-21(26-22(15)28-11-9-17(24)14-28)12-19(27-30)20-8-3-4-10-29(20)23(31)18-7-5-6-16(2)25-18/h5-7,12-13,17,20H,3-4,8-11,14,24H2,1-2H3/t17-,20-/m0/s1. The van der Waals surface area contributed by atoms with E-state index in [-0.39, 0.29) is 18.0 Å². The minimum atomic E-state index is -0.0609. The first-order valence-corrected chi connectivity index (χ1v) is 11.1. The van der Waals surface area contributed by atoms with Crippen LogP contribution in [0.5, 0.6) is 0 Å². The Hall–Kier alpha value is -3.00. The van der Waals surface area contributed by atoms with Crippen LogP contribution >= 0.6 is 0 Å². The third-order valence-electron chi connectivity index (χ3n) is 6.36. The van der Waals surface area contributed by atoms with Crippen molar-refractivity contribution in [3.63, 3.8) is 0 Å². The molecule has 5 heterocycles. The fourth-order valence-electron chi connectivity index (χ4n) is 4.77. The van der Waals surface area contributed by atoms with E-state index < -0.39 is 0 Å². The van der Waals surface area contributed by atoms with E-state index in [1.807, 2.05) is 40.7 Å². The quantitative estimate of drug-likeness (QED) is 0.702. The number of hydrogen-bond acceptors (Lipinski definition) is 6. The Morgan fingerprint density at radius 2 is 2.00 bits per heavy atom. The summed E-state index contributed by atoms with van der Waals surface area (Å²) in [6.07, 6.45) is 5.99. The average molecular weight is 420 g/mol. The molecule has 31 heavy (non-hydrogen) atoms. The van der Waals surface area contributed by atoms with E-state index in [0.717, 1.165) is 73.7 Å². The van der Waals surface area contributed by atoms with Gasteiger partial charge in [0.2, 0.25) is 0 Å². The van der Waals surface area contributed by atoms with Crippen LogP contribution in [0.1, 0.15) is 59.2 Å². The summed E-state index contributed by atoms with van der Waals surface area (Å²) in [5, 5.41) is 4.82. The molecule has 0 unspecified atom stereocenters. The number of carbonyl (C=O) groups is 1. The predicted molar refractivity (Wildman–Crippen MR) is 119 cm³/mol. The maximum atomic E-state index is 13.3. The molecule has 3 aromatic rings. The van der Waals surface area contributed by atoms with Gasteiger partial charge in [0.05, 0.1) is 11.7 Å². The van der Waals surface area contributed by atoms with Crippen LogP contribution in [0.15, 0.2) is 30.5 Å². The molecular formula is C23H29N7O. The lowest BCUT2D eigenvalue weighted by Gasteiger charge is -2.34. The zero-order valence-electron chi connectivity index (χ0n) is 18.2. The summed E-state index contributed by atoms with van der Waals surface area (Å²) in [5.41, 5.74) is 10.2. The monoisotopic (exact) mass is 419 g/mol. The number of fused-ring (bicyclic) bond motifs is 1. The van der Waals surface area contributed by atoms with Crippen molar-refractivity contribution in [2.24, 2.45) is 5.73 Å². The molecule has 0 saturated carbocycles. The molecule has 2 N–H and O–H groups in total. The van der Waals surface area contributed by atoms with Gasteiger partial charge >= 0.3 is 0 Å². The van der Waals surface area contributed by atoms with E-state index in [0.29, 0.717) is 5.69 Å². The van der Waals surface area contributed by atoms with Crippen molar-refractivity contribution in [1.29, 1.82) is 0 Å². The van der Waals surface area contributed by atoms with Crippen LogP contribution in [0.4, 0.5) is 5.82 Å². The summed E-state index contributed by atoms with van der Waals surface area (Å²) in [4.78, 5) is 26.8. The number of nitrogens with two attached hydrogens (primary N) is 1. The molecule has 5 rings (SSSR count). The van der Waals surface area contributed by atoms with Gasteiger partial charge in [0.1, 0.15) is 11.5 Å². The lowest BCUT2D eigenvalue weighted by atomic mass is 9.99. The fraction of sp³-hybridized carbons (Fsp3) is 0.478. The highest BCUT2D eigenvalue weighted by atomic mass is 16.2. The third-order valence-corrected chi connectivity index (χ3v) is 6.36. The van der Waals surface area contributed by atoms with Crippen molar-refractivity contribution in [2.45, 2.75) is 51.6 Å². The summed E-state index contributed by atoms with van der Waals surface area (Å²) in [6.45, 7) is 6.45. The first-order chi connectivity index (χ1) is 15.0. The van der Waals surface area contributed by atoms with E-state index >= 15 is 0 Å². The van der Waals surface area contributed by atoms with E-state index in [2.05, 4.69) is 16.8 Å². The van der Waals surface area contributed by atoms with E-state index in [4.69, 9.17) is 15.8 Å². The highest BCUT2D eigenvalue weighted by Crippen LogP contribution is 2.32. The van der Waals surface area contributed by atoms with E-state index in [1.165, 1.54) is 0 Å². The second-order valence-corrected chi connectivity index (χ2v) is 8.79. The maximum absolute atomic E-state index is 13.3.